The average Bonchev–Trinajstić information content (AvgIpc) is 2.42. The molecule has 0 aliphatic heterocycles. The molecule has 1 amide bonds. The first-order valence-electron chi connectivity index (χ1n) is 6.88. The summed E-state index contributed by atoms with van der Waals surface area (Å²) >= 11 is 0. The van der Waals surface area contributed by atoms with Gasteiger partial charge in [0.05, 0.1) is 6.61 Å². The Morgan fingerprint density at radius 1 is 1.30 bits per heavy atom. The van der Waals surface area contributed by atoms with Gasteiger partial charge < -0.3 is 15.8 Å². The largest absolute Gasteiger partial charge is 0.466 e. The van der Waals surface area contributed by atoms with E-state index in [2.05, 4.69) is 5.32 Å². The number of nitrogen functional groups attached to an aromatic ring is 1. The summed E-state index contributed by atoms with van der Waals surface area (Å²) in [6, 6.07) is 7.51. The summed E-state index contributed by atoms with van der Waals surface area (Å²) in [5.41, 5.74) is 7.43. The lowest BCUT2D eigenvalue weighted by molar-refractivity contribution is -0.143. The van der Waals surface area contributed by atoms with E-state index in [4.69, 9.17) is 10.5 Å². The number of ether oxygens (including phenoxy) is 1. The van der Waals surface area contributed by atoms with Gasteiger partial charge in [-0.25, -0.2) is 0 Å². The quantitative estimate of drug-likeness (QED) is 0.430. The molecule has 0 aliphatic rings. The van der Waals surface area contributed by atoms with Crippen molar-refractivity contribution in [1.29, 1.82) is 0 Å². The zero-order valence-electron chi connectivity index (χ0n) is 11.9. The highest BCUT2D eigenvalue weighted by atomic mass is 16.5. The molecule has 1 aromatic carbocycles. The first-order chi connectivity index (χ1) is 9.61. The molecule has 0 radical (unpaired) electrons. The molecule has 0 saturated heterocycles. The van der Waals surface area contributed by atoms with Gasteiger partial charge in [-0.1, -0.05) is 12.1 Å². The molecule has 0 unspecified atom stereocenters. The second-order valence-corrected chi connectivity index (χ2v) is 4.50. The third kappa shape index (κ3) is 6.78. The van der Waals surface area contributed by atoms with Crippen LogP contribution in [0.2, 0.25) is 0 Å². The minimum atomic E-state index is -0.221. The summed E-state index contributed by atoms with van der Waals surface area (Å²) in [7, 11) is 0. The van der Waals surface area contributed by atoms with Crippen molar-refractivity contribution in [2.45, 2.75) is 32.6 Å². The molecule has 3 N–H and O–H groups in total. The van der Waals surface area contributed by atoms with Crippen molar-refractivity contribution in [2.75, 3.05) is 18.9 Å². The third-order valence-electron chi connectivity index (χ3n) is 2.78. The number of anilines is 1. The molecule has 0 aliphatic carbocycles. The van der Waals surface area contributed by atoms with Crippen molar-refractivity contribution < 1.29 is 14.3 Å². The second-order valence-electron chi connectivity index (χ2n) is 4.50. The van der Waals surface area contributed by atoms with Gasteiger partial charge in [-0.15, -0.1) is 0 Å². The highest BCUT2D eigenvalue weighted by Gasteiger charge is 2.04. The van der Waals surface area contributed by atoms with E-state index < -0.39 is 0 Å². The van der Waals surface area contributed by atoms with Gasteiger partial charge in [0.25, 0.3) is 0 Å². The van der Waals surface area contributed by atoms with Crippen molar-refractivity contribution in [3.63, 3.8) is 0 Å². The van der Waals surface area contributed by atoms with Gasteiger partial charge >= 0.3 is 5.97 Å². The van der Waals surface area contributed by atoms with Gasteiger partial charge in [0, 0.05) is 25.1 Å². The fraction of sp³-hybridized carbons (Fsp3) is 0.467. The zero-order valence-corrected chi connectivity index (χ0v) is 11.9. The number of amides is 1. The highest BCUT2D eigenvalue weighted by Crippen LogP contribution is 2.08. The van der Waals surface area contributed by atoms with Gasteiger partial charge in [-0.05, 0) is 37.5 Å². The summed E-state index contributed by atoms with van der Waals surface area (Å²) in [6.45, 7) is 2.66. The maximum atomic E-state index is 11.6. The Kier molecular flexibility index (Phi) is 7.17. The van der Waals surface area contributed by atoms with E-state index in [1.54, 1.807) is 6.92 Å². The van der Waals surface area contributed by atoms with Crippen LogP contribution in [0.5, 0.6) is 0 Å². The van der Waals surface area contributed by atoms with E-state index in [-0.39, 0.29) is 11.9 Å². The van der Waals surface area contributed by atoms with Crippen LogP contribution < -0.4 is 11.1 Å². The molecule has 1 aromatic rings. The lowest BCUT2D eigenvalue weighted by atomic mass is 10.1. The van der Waals surface area contributed by atoms with Crippen LogP contribution in [0.25, 0.3) is 0 Å². The van der Waals surface area contributed by atoms with Crippen LogP contribution in [-0.2, 0) is 20.7 Å². The molecule has 0 heterocycles. The Labute approximate surface area is 119 Å². The van der Waals surface area contributed by atoms with E-state index in [1.807, 2.05) is 24.3 Å². The van der Waals surface area contributed by atoms with Gasteiger partial charge in [0.1, 0.15) is 0 Å². The lowest BCUT2D eigenvalue weighted by Gasteiger charge is -2.06. The van der Waals surface area contributed by atoms with Gasteiger partial charge in [-0.2, -0.15) is 0 Å². The third-order valence-corrected chi connectivity index (χ3v) is 2.78. The smallest absolute Gasteiger partial charge is 0.305 e. The van der Waals surface area contributed by atoms with E-state index in [1.165, 1.54) is 0 Å². The van der Waals surface area contributed by atoms with E-state index in [0.29, 0.717) is 44.5 Å². The molecule has 5 heteroatoms. The van der Waals surface area contributed by atoms with Crippen LogP contribution in [0.15, 0.2) is 24.3 Å². The Morgan fingerprint density at radius 3 is 2.80 bits per heavy atom. The summed E-state index contributed by atoms with van der Waals surface area (Å²) in [6.07, 6.45) is 2.02. The summed E-state index contributed by atoms with van der Waals surface area (Å²) < 4.78 is 4.80. The predicted octanol–water partition coefficient (Wildman–Crippen LogP) is 1.66. The first kappa shape index (κ1) is 16.0. The summed E-state index contributed by atoms with van der Waals surface area (Å²) in [4.78, 5) is 22.7. The van der Waals surface area contributed by atoms with Crippen LogP contribution in [0.4, 0.5) is 5.69 Å². The first-order valence-corrected chi connectivity index (χ1v) is 6.88. The van der Waals surface area contributed by atoms with Crippen LogP contribution in [0, 0.1) is 0 Å². The zero-order chi connectivity index (χ0) is 14.8. The van der Waals surface area contributed by atoms with Crippen LogP contribution in [-0.4, -0.2) is 25.0 Å². The SMILES string of the molecule is CCOC(=O)CCCNC(=O)CCc1cccc(N)c1. The molecule has 0 atom stereocenters. The predicted molar refractivity (Wildman–Crippen MR) is 78.1 cm³/mol. The standard InChI is InChI=1S/C15H22N2O3/c1-2-20-15(19)7-4-10-17-14(18)9-8-12-5-3-6-13(16)11-12/h3,5-6,11H,2,4,7-10,16H2,1H3,(H,17,18). The van der Waals surface area contributed by atoms with Crippen molar-refractivity contribution in [3.8, 4) is 0 Å². The fourth-order valence-electron chi connectivity index (χ4n) is 1.79. The highest BCUT2D eigenvalue weighted by molar-refractivity contribution is 5.76. The number of rotatable bonds is 8. The van der Waals surface area contributed by atoms with Crippen molar-refractivity contribution >= 4 is 17.6 Å². The minimum absolute atomic E-state index is 0.0173. The molecule has 110 valence electrons. The number of hydrogen-bond donors (Lipinski definition) is 2. The Hall–Kier alpha value is -2.04. The molecule has 20 heavy (non-hydrogen) atoms. The molecule has 0 bridgehead atoms. The molecule has 0 fully saturated rings. The Bertz CT molecular complexity index is 446. The number of nitrogens with two attached hydrogens (primary N) is 1. The van der Waals surface area contributed by atoms with E-state index in [9.17, 15) is 9.59 Å². The van der Waals surface area contributed by atoms with Crippen molar-refractivity contribution in [2.24, 2.45) is 0 Å². The molecule has 0 saturated carbocycles. The number of benzene rings is 1. The average molecular weight is 278 g/mol. The normalized spacial score (nSPS) is 10.1. The van der Waals surface area contributed by atoms with E-state index in [0.717, 1.165) is 5.56 Å². The molecule has 5 nitrogen and oxygen atoms in total. The molecule has 1 rings (SSSR count). The van der Waals surface area contributed by atoms with Gasteiger partial charge in [0.15, 0.2) is 0 Å². The van der Waals surface area contributed by atoms with Crippen LogP contribution >= 0.6 is 0 Å². The molecular formula is C15H22N2O3. The molecule has 0 aromatic heterocycles. The second kappa shape index (κ2) is 8.96. The fourth-order valence-corrected chi connectivity index (χ4v) is 1.79. The molecular weight excluding hydrogens is 256 g/mol. The van der Waals surface area contributed by atoms with Crippen LogP contribution in [0.3, 0.4) is 0 Å². The van der Waals surface area contributed by atoms with Crippen LogP contribution in [0.1, 0.15) is 31.7 Å². The maximum absolute atomic E-state index is 11.6. The number of carbonyl (C=O) groups is 2. The Balaban J connectivity index is 2.13. The van der Waals surface area contributed by atoms with Crippen molar-refractivity contribution in [1.82, 2.24) is 5.32 Å². The number of esters is 1. The summed E-state index contributed by atoms with van der Waals surface area (Å²) in [5.74, 6) is -0.238. The van der Waals surface area contributed by atoms with Gasteiger partial charge in [-0.3, -0.25) is 9.59 Å². The molecule has 0 spiro atoms. The minimum Gasteiger partial charge on any atom is -0.466 e. The number of hydrogen-bond acceptors (Lipinski definition) is 4. The van der Waals surface area contributed by atoms with Gasteiger partial charge in [0.2, 0.25) is 5.91 Å². The Morgan fingerprint density at radius 2 is 2.10 bits per heavy atom. The number of aryl methyl sites for hydroxylation is 1. The topological polar surface area (TPSA) is 81.4 Å². The summed E-state index contributed by atoms with van der Waals surface area (Å²) in [5, 5.41) is 2.79. The monoisotopic (exact) mass is 278 g/mol. The van der Waals surface area contributed by atoms with E-state index >= 15 is 0 Å². The maximum Gasteiger partial charge on any atom is 0.305 e. The lowest BCUT2D eigenvalue weighted by Crippen LogP contribution is -2.25. The number of carbonyl (C=O) groups excluding carboxylic acids is 2. The number of nitrogens with one attached hydrogen (secondary N) is 1. The van der Waals surface area contributed by atoms with Crippen molar-refractivity contribution in [3.05, 3.63) is 29.8 Å².